The molecule has 1 fully saturated rings. The van der Waals surface area contributed by atoms with E-state index >= 15 is 0 Å². The van der Waals surface area contributed by atoms with Crippen molar-refractivity contribution < 1.29 is 19.8 Å². The second-order valence-corrected chi connectivity index (χ2v) is 5.35. The normalized spacial score (nSPS) is 21.9. The Balaban J connectivity index is 1.86. The molecule has 0 aliphatic carbocycles. The van der Waals surface area contributed by atoms with Crippen LogP contribution in [0.15, 0.2) is 30.3 Å². The van der Waals surface area contributed by atoms with E-state index in [0.29, 0.717) is 24.9 Å². The molecule has 6 heteroatoms. The molecule has 114 valence electrons. The van der Waals surface area contributed by atoms with Crippen LogP contribution in [-0.2, 0) is 4.79 Å². The molecule has 6 nitrogen and oxygen atoms in total. The number of hydrogen-bond acceptors (Lipinski definition) is 4. The Labute approximate surface area is 123 Å². The lowest BCUT2D eigenvalue weighted by atomic mass is 9.94. The zero-order chi connectivity index (χ0) is 15.3. The summed E-state index contributed by atoms with van der Waals surface area (Å²) in [4.78, 5) is 25.4. The van der Waals surface area contributed by atoms with Gasteiger partial charge < -0.3 is 20.4 Å². The highest BCUT2D eigenvalue weighted by atomic mass is 16.3. The fraction of sp³-hybridized carbons (Fsp3) is 0.467. The number of rotatable bonds is 4. The molecule has 0 spiro atoms. The quantitative estimate of drug-likeness (QED) is 0.714. The van der Waals surface area contributed by atoms with Crippen LogP contribution < -0.4 is 5.32 Å². The summed E-state index contributed by atoms with van der Waals surface area (Å²) >= 11 is 0. The number of benzene rings is 1. The Hall–Kier alpha value is -1.92. The number of carbonyl (C=O) groups excluding carboxylic acids is 2. The van der Waals surface area contributed by atoms with Gasteiger partial charge in [-0.1, -0.05) is 18.2 Å². The van der Waals surface area contributed by atoms with Crippen molar-refractivity contribution in [1.82, 2.24) is 10.2 Å². The van der Waals surface area contributed by atoms with Gasteiger partial charge in [-0.15, -0.1) is 0 Å². The molecule has 0 radical (unpaired) electrons. The van der Waals surface area contributed by atoms with E-state index in [0.717, 1.165) is 0 Å². The number of aliphatic hydroxyl groups is 2. The van der Waals surface area contributed by atoms with E-state index in [1.165, 1.54) is 4.90 Å². The predicted octanol–water partition coefficient (Wildman–Crippen LogP) is -0.238. The molecule has 0 aromatic heterocycles. The van der Waals surface area contributed by atoms with Crippen LogP contribution in [0.1, 0.15) is 23.2 Å². The van der Waals surface area contributed by atoms with E-state index in [1.54, 1.807) is 24.3 Å². The van der Waals surface area contributed by atoms with Crippen LogP contribution >= 0.6 is 0 Å². The molecule has 3 N–H and O–H groups in total. The van der Waals surface area contributed by atoms with Gasteiger partial charge >= 0.3 is 0 Å². The average Bonchev–Trinajstić information content (AvgIpc) is 2.53. The lowest BCUT2D eigenvalue weighted by Crippen LogP contribution is -2.54. The first-order chi connectivity index (χ1) is 10.0. The number of piperidine rings is 1. The molecule has 2 rings (SSSR count). The maximum atomic E-state index is 12.1. The van der Waals surface area contributed by atoms with Gasteiger partial charge in [-0.05, 0) is 25.0 Å². The van der Waals surface area contributed by atoms with Gasteiger partial charge in [-0.3, -0.25) is 9.59 Å². The van der Waals surface area contributed by atoms with Gasteiger partial charge in [-0.2, -0.15) is 0 Å². The lowest BCUT2D eigenvalue weighted by molar-refractivity contribution is -0.139. The van der Waals surface area contributed by atoms with Crippen LogP contribution in [0.5, 0.6) is 0 Å². The molecule has 1 atom stereocenters. The highest BCUT2D eigenvalue weighted by molar-refractivity contribution is 5.96. The molecule has 0 saturated carbocycles. The summed E-state index contributed by atoms with van der Waals surface area (Å²) in [5, 5.41) is 21.7. The third-order valence-corrected chi connectivity index (χ3v) is 3.64. The molecule has 21 heavy (non-hydrogen) atoms. The van der Waals surface area contributed by atoms with E-state index in [-0.39, 0.29) is 31.5 Å². The van der Waals surface area contributed by atoms with Gasteiger partial charge in [0.1, 0.15) is 5.60 Å². The Morgan fingerprint density at radius 1 is 1.29 bits per heavy atom. The second-order valence-electron chi connectivity index (χ2n) is 5.35. The van der Waals surface area contributed by atoms with Gasteiger partial charge in [0.25, 0.3) is 5.91 Å². The molecule has 1 aliphatic rings. The minimum absolute atomic E-state index is 0.101. The number of β-amino-alcohol motifs (C(OH)–C–C–N with tert-alkyl or cyclic N) is 1. The van der Waals surface area contributed by atoms with Crippen LogP contribution in [-0.4, -0.2) is 58.8 Å². The first-order valence-corrected chi connectivity index (χ1v) is 6.98. The largest absolute Gasteiger partial charge is 0.393 e. The lowest BCUT2D eigenvalue weighted by Gasteiger charge is -2.38. The summed E-state index contributed by atoms with van der Waals surface area (Å²) in [7, 11) is 0. The molecule has 0 bridgehead atoms. The van der Waals surface area contributed by atoms with Gasteiger partial charge in [0.15, 0.2) is 0 Å². The number of amides is 2. The highest BCUT2D eigenvalue weighted by Gasteiger charge is 2.34. The van der Waals surface area contributed by atoms with E-state index in [2.05, 4.69) is 5.32 Å². The SMILES string of the molecule is O=C(NCC(=O)N1CCC[C@](O)(CO)C1)c1ccccc1. The Morgan fingerprint density at radius 3 is 2.67 bits per heavy atom. The van der Waals surface area contributed by atoms with Crippen LogP contribution in [0.3, 0.4) is 0 Å². The molecular weight excluding hydrogens is 272 g/mol. The Kier molecular flexibility index (Phi) is 4.93. The van der Waals surface area contributed by atoms with Crippen molar-refractivity contribution in [1.29, 1.82) is 0 Å². The van der Waals surface area contributed by atoms with Gasteiger partial charge in [0.05, 0.1) is 19.7 Å². The molecule has 1 saturated heterocycles. The molecule has 1 aromatic rings. The fourth-order valence-corrected chi connectivity index (χ4v) is 2.41. The van der Waals surface area contributed by atoms with Crippen molar-refractivity contribution in [3.05, 3.63) is 35.9 Å². The van der Waals surface area contributed by atoms with Gasteiger partial charge in [-0.25, -0.2) is 0 Å². The summed E-state index contributed by atoms with van der Waals surface area (Å²) in [6, 6.07) is 8.66. The second kappa shape index (κ2) is 6.69. The number of aliphatic hydroxyl groups excluding tert-OH is 1. The zero-order valence-electron chi connectivity index (χ0n) is 11.8. The molecular formula is C15H20N2O4. The first-order valence-electron chi connectivity index (χ1n) is 6.98. The minimum Gasteiger partial charge on any atom is -0.393 e. The van der Waals surface area contributed by atoms with Crippen molar-refractivity contribution in [2.24, 2.45) is 0 Å². The molecule has 1 aromatic carbocycles. The Morgan fingerprint density at radius 2 is 2.00 bits per heavy atom. The average molecular weight is 292 g/mol. The summed E-state index contributed by atoms with van der Waals surface area (Å²) in [6.45, 7) is 0.147. The minimum atomic E-state index is -1.22. The van der Waals surface area contributed by atoms with Crippen molar-refractivity contribution in [3.8, 4) is 0 Å². The van der Waals surface area contributed by atoms with E-state index in [1.807, 2.05) is 6.07 Å². The maximum Gasteiger partial charge on any atom is 0.251 e. The molecule has 1 aliphatic heterocycles. The number of likely N-dealkylation sites (tertiary alicyclic amines) is 1. The van der Waals surface area contributed by atoms with Crippen molar-refractivity contribution >= 4 is 11.8 Å². The molecule has 0 unspecified atom stereocenters. The van der Waals surface area contributed by atoms with Gasteiger partial charge in [0, 0.05) is 12.1 Å². The standard InChI is InChI=1S/C15H20N2O4/c18-11-15(21)7-4-8-17(10-15)13(19)9-16-14(20)12-5-2-1-3-6-12/h1-3,5-6,18,21H,4,7-11H2,(H,16,20)/t15-/m1/s1. The van der Waals surface area contributed by atoms with Crippen molar-refractivity contribution in [2.75, 3.05) is 26.2 Å². The topological polar surface area (TPSA) is 89.9 Å². The van der Waals surface area contributed by atoms with Crippen LogP contribution in [0.25, 0.3) is 0 Å². The van der Waals surface area contributed by atoms with Crippen LogP contribution in [0, 0.1) is 0 Å². The monoisotopic (exact) mass is 292 g/mol. The highest BCUT2D eigenvalue weighted by Crippen LogP contribution is 2.20. The number of nitrogens with one attached hydrogen (secondary N) is 1. The van der Waals surface area contributed by atoms with Crippen LogP contribution in [0.2, 0.25) is 0 Å². The molecule has 2 amide bonds. The number of hydrogen-bond donors (Lipinski definition) is 3. The maximum absolute atomic E-state index is 12.1. The summed E-state index contributed by atoms with van der Waals surface area (Å²) in [6.07, 6.45) is 1.11. The summed E-state index contributed by atoms with van der Waals surface area (Å²) in [5.41, 5.74) is -0.729. The van der Waals surface area contributed by atoms with Crippen molar-refractivity contribution in [3.63, 3.8) is 0 Å². The number of carbonyl (C=O) groups is 2. The van der Waals surface area contributed by atoms with Gasteiger partial charge in [0.2, 0.25) is 5.91 Å². The number of nitrogens with zero attached hydrogens (tertiary/aromatic N) is 1. The summed E-state index contributed by atoms with van der Waals surface area (Å²) < 4.78 is 0. The predicted molar refractivity (Wildman–Crippen MR) is 76.6 cm³/mol. The third-order valence-electron chi connectivity index (χ3n) is 3.64. The van der Waals surface area contributed by atoms with E-state index < -0.39 is 5.60 Å². The molecule has 1 heterocycles. The zero-order valence-corrected chi connectivity index (χ0v) is 11.8. The first kappa shape index (κ1) is 15.5. The van der Waals surface area contributed by atoms with Crippen molar-refractivity contribution in [2.45, 2.75) is 18.4 Å². The third kappa shape index (κ3) is 4.03. The van der Waals surface area contributed by atoms with Crippen LogP contribution in [0.4, 0.5) is 0 Å². The summed E-state index contributed by atoms with van der Waals surface area (Å²) in [5.74, 6) is -0.566. The van der Waals surface area contributed by atoms with E-state index in [9.17, 15) is 14.7 Å². The van der Waals surface area contributed by atoms with E-state index in [4.69, 9.17) is 5.11 Å². The Bertz CT molecular complexity index is 506. The smallest absolute Gasteiger partial charge is 0.251 e. The fourth-order valence-electron chi connectivity index (χ4n) is 2.41.